The predicted octanol–water partition coefficient (Wildman–Crippen LogP) is 2.87. The lowest BCUT2D eigenvalue weighted by Gasteiger charge is -2.10. The third-order valence-electron chi connectivity index (χ3n) is 3.33. The summed E-state index contributed by atoms with van der Waals surface area (Å²) in [6.07, 6.45) is 6.69. The van der Waals surface area contributed by atoms with E-state index < -0.39 is 0 Å². The molecule has 0 aliphatic rings. The zero-order chi connectivity index (χ0) is 18.8. The van der Waals surface area contributed by atoms with E-state index in [1.165, 1.54) is 13.3 Å². The number of hydrogen-bond donors (Lipinski definition) is 1. The molecule has 0 spiro atoms. The maximum absolute atomic E-state index is 12.3. The Bertz CT molecular complexity index is 825. The van der Waals surface area contributed by atoms with Crippen molar-refractivity contribution < 1.29 is 19.0 Å². The molecule has 0 radical (unpaired) electrons. The Balaban J connectivity index is 2.07. The summed E-state index contributed by atoms with van der Waals surface area (Å²) in [6, 6.07) is 12.2. The Kier molecular flexibility index (Phi) is 7.07. The number of amides is 1. The lowest BCUT2D eigenvalue weighted by atomic mass is 10.2. The lowest BCUT2D eigenvalue weighted by molar-refractivity contribution is 0.0954. The van der Waals surface area contributed by atoms with E-state index in [4.69, 9.17) is 20.6 Å². The molecule has 26 heavy (non-hydrogen) atoms. The Hall–Kier alpha value is -3.46. The molecule has 0 atom stereocenters. The number of benzene rings is 2. The minimum Gasteiger partial charge on any atom is -0.493 e. The highest BCUT2D eigenvalue weighted by Crippen LogP contribution is 2.28. The van der Waals surface area contributed by atoms with Crippen LogP contribution in [0, 0.1) is 12.3 Å². The highest BCUT2D eigenvalue weighted by atomic mass is 16.5. The second-order valence-corrected chi connectivity index (χ2v) is 5.03. The Morgan fingerprint density at radius 1 is 1.19 bits per heavy atom. The molecule has 0 aliphatic carbocycles. The van der Waals surface area contributed by atoms with Crippen LogP contribution < -0.4 is 19.6 Å². The van der Waals surface area contributed by atoms with Crippen molar-refractivity contribution in [2.24, 2.45) is 5.10 Å². The van der Waals surface area contributed by atoms with Gasteiger partial charge in [-0.3, -0.25) is 4.79 Å². The molecule has 0 unspecified atom stereocenters. The summed E-state index contributed by atoms with van der Waals surface area (Å²) in [7, 11) is 1.52. The van der Waals surface area contributed by atoms with Gasteiger partial charge in [-0.25, -0.2) is 5.43 Å². The van der Waals surface area contributed by atoms with Gasteiger partial charge in [-0.2, -0.15) is 5.10 Å². The maximum atomic E-state index is 12.3. The van der Waals surface area contributed by atoms with Crippen LogP contribution in [0.3, 0.4) is 0 Å². The number of terminal acetylenes is 1. The van der Waals surface area contributed by atoms with Crippen molar-refractivity contribution in [2.75, 3.05) is 20.3 Å². The molecule has 2 aromatic rings. The molecule has 0 saturated heterocycles. The lowest BCUT2D eigenvalue weighted by Crippen LogP contribution is -2.17. The van der Waals surface area contributed by atoms with Gasteiger partial charge in [0.1, 0.15) is 12.4 Å². The number of rotatable bonds is 8. The largest absolute Gasteiger partial charge is 0.493 e. The summed E-state index contributed by atoms with van der Waals surface area (Å²) in [4.78, 5) is 12.3. The van der Waals surface area contributed by atoms with Crippen molar-refractivity contribution in [3.05, 3.63) is 53.6 Å². The first-order valence-corrected chi connectivity index (χ1v) is 7.99. The van der Waals surface area contributed by atoms with Crippen LogP contribution in [0.1, 0.15) is 22.8 Å². The number of hydrazone groups is 1. The monoisotopic (exact) mass is 352 g/mol. The fourth-order valence-electron chi connectivity index (χ4n) is 2.15. The van der Waals surface area contributed by atoms with Crippen molar-refractivity contribution in [3.63, 3.8) is 0 Å². The zero-order valence-electron chi connectivity index (χ0n) is 14.7. The summed E-state index contributed by atoms with van der Waals surface area (Å²) in [5.74, 6) is 3.68. The molecular formula is C20H20N2O4. The van der Waals surface area contributed by atoms with Crippen LogP contribution in [0.15, 0.2) is 47.6 Å². The minimum absolute atomic E-state index is 0.156. The van der Waals surface area contributed by atoms with Crippen LogP contribution in [0.4, 0.5) is 0 Å². The van der Waals surface area contributed by atoms with Gasteiger partial charge < -0.3 is 14.2 Å². The Morgan fingerprint density at radius 3 is 2.73 bits per heavy atom. The highest BCUT2D eigenvalue weighted by molar-refractivity contribution is 5.95. The Labute approximate surface area is 152 Å². The molecule has 0 heterocycles. The molecule has 2 aromatic carbocycles. The van der Waals surface area contributed by atoms with E-state index in [0.717, 1.165) is 0 Å². The molecule has 1 N–H and O–H groups in total. The number of carbonyl (C=O) groups excluding carboxylic acids is 1. The maximum Gasteiger partial charge on any atom is 0.271 e. The quantitative estimate of drug-likeness (QED) is 0.451. The number of carbonyl (C=O) groups is 1. The molecule has 0 bridgehead atoms. The summed E-state index contributed by atoms with van der Waals surface area (Å²) in [6.45, 7) is 2.54. The zero-order valence-corrected chi connectivity index (χ0v) is 14.7. The third-order valence-corrected chi connectivity index (χ3v) is 3.33. The van der Waals surface area contributed by atoms with E-state index in [2.05, 4.69) is 16.4 Å². The average Bonchev–Trinajstić information content (AvgIpc) is 2.67. The topological polar surface area (TPSA) is 69.2 Å². The van der Waals surface area contributed by atoms with E-state index in [1.807, 2.05) is 19.1 Å². The number of ether oxygens (including phenoxy) is 3. The first-order chi connectivity index (χ1) is 12.7. The molecule has 6 nitrogen and oxygen atoms in total. The number of nitrogens with one attached hydrogen (secondary N) is 1. The van der Waals surface area contributed by atoms with Crippen LogP contribution in [0.25, 0.3) is 0 Å². The van der Waals surface area contributed by atoms with E-state index in [0.29, 0.717) is 35.0 Å². The van der Waals surface area contributed by atoms with E-state index in [9.17, 15) is 4.79 Å². The van der Waals surface area contributed by atoms with Gasteiger partial charge in [0.15, 0.2) is 11.5 Å². The predicted molar refractivity (Wildman–Crippen MR) is 100.0 cm³/mol. The van der Waals surface area contributed by atoms with Gasteiger partial charge in [0.2, 0.25) is 0 Å². The average molecular weight is 352 g/mol. The molecule has 1 amide bonds. The molecule has 2 rings (SSSR count). The smallest absolute Gasteiger partial charge is 0.271 e. The van der Waals surface area contributed by atoms with Gasteiger partial charge in [-0.15, -0.1) is 6.42 Å². The standard InChI is InChI=1S/C20H20N2O4/c1-4-12-26-17-9-7-6-8-16(17)14-21-22-20(23)15-10-11-18(25-5-2)19(13-15)24-3/h1,6-11,13-14H,5,12H2,2-3H3,(H,22,23)/b21-14-. The van der Waals surface area contributed by atoms with Crippen LogP contribution in [-0.2, 0) is 0 Å². The van der Waals surface area contributed by atoms with Crippen molar-refractivity contribution in [2.45, 2.75) is 6.92 Å². The number of para-hydroxylation sites is 1. The van der Waals surface area contributed by atoms with E-state index >= 15 is 0 Å². The molecule has 0 aromatic heterocycles. The molecule has 6 heteroatoms. The first-order valence-electron chi connectivity index (χ1n) is 7.99. The summed E-state index contributed by atoms with van der Waals surface area (Å²) < 4.78 is 16.1. The van der Waals surface area contributed by atoms with Gasteiger partial charge >= 0.3 is 0 Å². The minimum atomic E-state index is -0.371. The van der Waals surface area contributed by atoms with Crippen LogP contribution >= 0.6 is 0 Å². The SMILES string of the molecule is C#CCOc1ccccc1/C=N\NC(=O)c1ccc(OCC)c(OC)c1. The normalized spacial score (nSPS) is 10.2. The molecule has 0 fully saturated rings. The van der Waals surface area contributed by atoms with Crippen LogP contribution in [-0.4, -0.2) is 32.4 Å². The fourth-order valence-corrected chi connectivity index (χ4v) is 2.15. The van der Waals surface area contributed by atoms with Gasteiger partial charge in [-0.1, -0.05) is 18.1 Å². The van der Waals surface area contributed by atoms with Crippen LogP contribution in [0.5, 0.6) is 17.2 Å². The van der Waals surface area contributed by atoms with Crippen LogP contribution in [0.2, 0.25) is 0 Å². The van der Waals surface area contributed by atoms with Crippen molar-refractivity contribution in [3.8, 4) is 29.6 Å². The summed E-state index contributed by atoms with van der Waals surface area (Å²) in [5.41, 5.74) is 3.58. The van der Waals surface area contributed by atoms with Gasteiger partial charge in [0.05, 0.1) is 19.9 Å². The molecule has 0 aliphatic heterocycles. The highest BCUT2D eigenvalue weighted by Gasteiger charge is 2.10. The molecule has 134 valence electrons. The van der Waals surface area contributed by atoms with E-state index in [1.54, 1.807) is 30.3 Å². The number of hydrogen-bond acceptors (Lipinski definition) is 5. The van der Waals surface area contributed by atoms with Gasteiger partial charge in [0.25, 0.3) is 5.91 Å². The molecule has 0 saturated carbocycles. The van der Waals surface area contributed by atoms with Gasteiger partial charge in [0, 0.05) is 11.1 Å². The van der Waals surface area contributed by atoms with Gasteiger partial charge in [-0.05, 0) is 37.3 Å². The number of nitrogens with zero attached hydrogens (tertiary/aromatic N) is 1. The Morgan fingerprint density at radius 2 is 2.00 bits per heavy atom. The molecular weight excluding hydrogens is 332 g/mol. The van der Waals surface area contributed by atoms with E-state index in [-0.39, 0.29) is 12.5 Å². The fraction of sp³-hybridized carbons (Fsp3) is 0.200. The summed E-state index contributed by atoms with van der Waals surface area (Å²) >= 11 is 0. The second kappa shape index (κ2) is 9.74. The second-order valence-electron chi connectivity index (χ2n) is 5.03. The number of methoxy groups -OCH3 is 1. The summed E-state index contributed by atoms with van der Waals surface area (Å²) in [5, 5.41) is 3.97. The van der Waals surface area contributed by atoms with Crippen molar-refractivity contribution >= 4 is 12.1 Å². The third kappa shape index (κ3) is 5.02. The first kappa shape index (κ1) is 18.9. The van der Waals surface area contributed by atoms with Crippen molar-refractivity contribution in [1.29, 1.82) is 0 Å². The van der Waals surface area contributed by atoms with Crippen molar-refractivity contribution in [1.82, 2.24) is 5.43 Å².